The van der Waals surface area contributed by atoms with Crippen molar-refractivity contribution in [3.8, 4) is 17.2 Å². The summed E-state index contributed by atoms with van der Waals surface area (Å²) < 4.78 is 16.4. The molecule has 0 heterocycles. The van der Waals surface area contributed by atoms with Crippen molar-refractivity contribution < 1.29 is 19.0 Å². The minimum atomic E-state index is -0.165. The molecular weight excluding hydrogens is 503 g/mol. The first-order valence-corrected chi connectivity index (χ1v) is 11.9. The number of rotatable bonds is 9. The third kappa shape index (κ3) is 6.39. The molecule has 0 aliphatic carbocycles. The largest absolute Gasteiger partial charge is 0.496 e. The summed E-state index contributed by atoms with van der Waals surface area (Å²) in [5.41, 5.74) is 1.98. The Bertz CT molecular complexity index is 1150. The highest BCUT2D eigenvalue weighted by Crippen LogP contribution is 2.38. The van der Waals surface area contributed by atoms with E-state index in [9.17, 15) is 4.79 Å². The second-order valence-electron chi connectivity index (χ2n) is 6.81. The molecule has 172 valence electrons. The first kappa shape index (κ1) is 25.3. The van der Waals surface area contributed by atoms with Gasteiger partial charge in [0.05, 0.1) is 31.8 Å². The highest BCUT2D eigenvalue weighted by molar-refractivity contribution is 8.03. The lowest BCUT2D eigenvalue weighted by Crippen LogP contribution is -2.03. The Balaban J connectivity index is 2.07. The standard InChI is InChI=1S/C25H21Cl3O4S/c1-30-19-11-22(31-2)20(23(12-19)32-3)13-24(25(29)15-4-7-17(26)8-5-15)33-14-16-6-9-18(27)10-21(16)28/h4-13H,14H2,1-3H3/b24-13+. The summed E-state index contributed by atoms with van der Waals surface area (Å²) in [6.45, 7) is 0. The molecule has 0 atom stereocenters. The number of carbonyl (C=O) groups excluding carboxylic acids is 1. The number of allylic oxidation sites excluding steroid dienone is 1. The Kier molecular flexibility index (Phi) is 8.98. The quantitative estimate of drug-likeness (QED) is 0.211. The van der Waals surface area contributed by atoms with Crippen LogP contribution in [0.4, 0.5) is 0 Å². The molecule has 0 unspecified atom stereocenters. The van der Waals surface area contributed by atoms with E-state index in [1.165, 1.54) is 11.8 Å². The lowest BCUT2D eigenvalue weighted by Gasteiger charge is -2.14. The van der Waals surface area contributed by atoms with E-state index in [0.717, 1.165) is 5.56 Å². The van der Waals surface area contributed by atoms with Crippen LogP contribution in [0.2, 0.25) is 15.1 Å². The predicted molar refractivity (Wildman–Crippen MR) is 138 cm³/mol. The van der Waals surface area contributed by atoms with Gasteiger partial charge in [-0.25, -0.2) is 0 Å². The number of ether oxygens (including phenoxy) is 3. The van der Waals surface area contributed by atoms with Crippen molar-refractivity contribution in [2.75, 3.05) is 21.3 Å². The molecule has 0 aliphatic rings. The monoisotopic (exact) mass is 522 g/mol. The second-order valence-corrected chi connectivity index (χ2v) is 9.11. The molecule has 0 bridgehead atoms. The molecule has 0 radical (unpaired) electrons. The maximum absolute atomic E-state index is 13.5. The molecule has 0 N–H and O–H groups in total. The summed E-state index contributed by atoms with van der Waals surface area (Å²) in [6.07, 6.45) is 1.75. The van der Waals surface area contributed by atoms with Gasteiger partial charge in [-0.05, 0) is 48.0 Å². The Morgan fingerprint density at radius 2 is 1.45 bits per heavy atom. The van der Waals surface area contributed by atoms with Gasteiger partial charge in [-0.2, -0.15) is 0 Å². The summed E-state index contributed by atoms with van der Waals surface area (Å²) in [5, 5.41) is 1.64. The lowest BCUT2D eigenvalue weighted by atomic mass is 10.1. The van der Waals surface area contributed by atoms with Crippen molar-refractivity contribution in [3.05, 3.63) is 91.3 Å². The zero-order valence-corrected chi connectivity index (χ0v) is 21.2. The maximum Gasteiger partial charge on any atom is 0.199 e. The summed E-state index contributed by atoms with van der Waals surface area (Å²) >= 11 is 19.7. The Labute approximate surface area is 212 Å². The number of ketones is 1. The van der Waals surface area contributed by atoms with Gasteiger partial charge in [-0.1, -0.05) is 40.9 Å². The number of carbonyl (C=O) groups is 1. The zero-order valence-electron chi connectivity index (χ0n) is 18.2. The van der Waals surface area contributed by atoms with Gasteiger partial charge >= 0.3 is 0 Å². The van der Waals surface area contributed by atoms with Gasteiger partial charge < -0.3 is 14.2 Å². The van der Waals surface area contributed by atoms with Gasteiger partial charge in [0.25, 0.3) is 0 Å². The summed E-state index contributed by atoms with van der Waals surface area (Å²) in [7, 11) is 4.66. The van der Waals surface area contributed by atoms with Gasteiger partial charge in [0.15, 0.2) is 5.78 Å². The highest BCUT2D eigenvalue weighted by Gasteiger charge is 2.18. The van der Waals surface area contributed by atoms with E-state index in [0.29, 0.717) is 54.1 Å². The molecule has 33 heavy (non-hydrogen) atoms. The van der Waals surface area contributed by atoms with Crippen LogP contribution >= 0.6 is 46.6 Å². The molecular formula is C25H21Cl3O4S. The van der Waals surface area contributed by atoms with Crippen molar-refractivity contribution in [2.45, 2.75) is 5.75 Å². The first-order chi connectivity index (χ1) is 15.9. The van der Waals surface area contributed by atoms with Crippen LogP contribution in [-0.4, -0.2) is 27.1 Å². The zero-order chi connectivity index (χ0) is 24.0. The molecule has 0 spiro atoms. The van der Waals surface area contributed by atoms with Crippen molar-refractivity contribution in [1.82, 2.24) is 0 Å². The van der Waals surface area contributed by atoms with Crippen LogP contribution in [0.3, 0.4) is 0 Å². The molecule has 3 rings (SSSR count). The van der Waals surface area contributed by atoms with Gasteiger partial charge in [-0.15, -0.1) is 11.8 Å². The topological polar surface area (TPSA) is 44.8 Å². The van der Waals surface area contributed by atoms with E-state index in [1.807, 2.05) is 6.07 Å². The molecule has 8 heteroatoms. The number of thioether (sulfide) groups is 1. The summed E-state index contributed by atoms with van der Waals surface area (Å²) in [4.78, 5) is 13.9. The van der Waals surface area contributed by atoms with Gasteiger partial charge in [0.1, 0.15) is 17.2 Å². The van der Waals surface area contributed by atoms with Crippen LogP contribution in [0.25, 0.3) is 6.08 Å². The van der Waals surface area contributed by atoms with E-state index in [2.05, 4.69) is 0 Å². The lowest BCUT2D eigenvalue weighted by molar-refractivity contribution is 0.104. The maximum atomic E-state index is 13.5. The predicted octanol–water partition coefficient (Wildman–Crippen LogP) is 7.83. The number of hydrogen-bond donors (Lipinski definition) is 0. The molecule has 0 amide bonds. The minimum Gasteiger partial charge on any atom is -0.496 e. The molecule has 0 saturated heterocycles. The van der Waals surface area contributed by atoms with Crippen molar-refractivity contribution >= 4 is 58.4 Å². The third-order valence-corrected chi connectivity index (χ3v) is 6.67. The molecule has 0 aliphatic heterocycles. The average Bonchev–Trinajstić information content (AvgIpc) is 2.82. The molecule has 0 saturated carbocycles. The number of Topliss-reactive ketones (excluding diaryl/α,β-unsaturated/α-hetero) is 1. The van der Waals surface area contributed by atoms with E-state index >= 15 is 0 Å². The van der Waals surface area contributed by atoms with Crippen molar-refractivity contribution in [2.24, 2.45) is 0 Å². The first-order valence-electron chi connectivity index (χ1n) is 9.75. The molecule has 4 nitrogen and oxygen atoms in total. The van der Waals surface area contributed by atoms with E-state index < -0.39 is 0 Å². The Morgan fingerprint density at radius 1 is 0.848 bits per heavy atom. The molecule has 0 aromatic heterocycles. The number of methoxy groups -OCH3 is 3. The fourth-order valence-electron chi connectivity index (χ4n) is 3.02. The van der Waals surface area contributed by atoms with Crippen molar-refractivity contribution in [1.29, 1.82) is 0 Å². The fraction of sp³-hybridized carbons (Fsp3) is 0.160. The Hall–Kier alpha value is -2.31. The van der Waals surface area contributed by atoms with Crippen LogP contribution in [0, 0.1) is 0 Å². The number of benzene rings is 3. The van der Waals surface area contributed by atoms with Gasteiger partial charge in [-0.3, -0.25) is 4.79 Å². The molecule has 3 aromatic rings. The summed E-state index contributed by atoms with van der Waals surface area (Å²) in [5.74, 6) is 1.89. The van der Waals surface area contributed by atoms with Crippen LogP contribution in [0.1, 0.15) is 21.5 Å². The normalized spacial score (nSPS) is 11.3. The average molecular weight is 524 g/mol. The highest BCUT2D eigenvalue weighted by atomic mass is 35.5. The van der Waals surface area contributed by atoms with E-state index in [-0.39, 0.29) is 5.78 Å². The van der Waals surface area contributed by atoms with Crippen LogP contribution < -0.4 is 14.2 Å². The second kappa shape index (κ2) is 11.7. The third-order valence-electron chi connectivity index (χ3n) is 4.76. The summed E-state index contributed by atoms with van der Waals surface area (Å²) in [6, 6.07) is 15.5. The Morgan fingerprint density at radius 3 is 2.00 bits per heavy atom. The minimum absolute atomic E-state index is 0.165. The van der Waals surface area contributed by atoms with Crippen LogP contribution in [0.15, 0.2) is 59.5 Å². The smallest absolute Gasteiger partial charge is 0.199 e. The SMILES string of the molecule is COc1cc(OC)c(/C=C(/SCc2ccc(Cl)cc2Cl)C(=O)c2ccc(Cl)cc2)c(OC)c1. The van der Waals surface area contributed by atoms with Crippen LogP contribution in [-0.2, 0) is 5.75 Å². The van der Waals surface area contributed by atoms with E-state index in [4.69, 9.17) is 49.0 Å². The molecule has 3 aromatic carbocycles. The van der Waals surface area contributed by atoms with Gasteiger partial charge in [0.2, 0.25) is 0 Å². The fourth-order valence-corrected chi connectivity index (χ4v) is 4.71. The van der Waals surface area contributed by atoms with E-state index in [1.54, 1.807) is 75.9 Å². The number of hydrogen-bond acceptors (Lipinski definition) is 5. The van der Waals surface area contributed by atoms with Crippen LogP contribution in [0.5, 0.6) is 17.2 Å². The van der Waals surface area contributed by atoms with Crippen molar-refractivity contribution in [3.63, 3.8) is 0 Å². The van der Waals surface area contributed by atoms with Gasteiger partial charge in [0, 0.05) is 38.5 Å². The molecule has 0 fully saturated rings. The number of halogens is 3.